The van der Waals surface area contributed by atoms with Crippen molar-refractivity contribution in [3.05, 3.63) is 15.8 Å². The van der Waals surface area contributed by atoms with E-state index in [4.69, 9.17) is 4.74 Å². The molecule has 2 heterocycles. The first-order chi connectivity index (χ1) is 10.1. The zero-order valence-electron chi connectivity index (χ0n) is 13.0. The summed E-state index contributed by atoms with van der Waals surface area (Å²) in [5.41, 5.74) is 0. The molecule has 1 aliphatic rings. The minimum atomic E-state index is 0.0571. The number of piperazine rings is 1. The average molecular weight is 312 g/mol. The van der Waals surface area contributed by atoms with Crippen molar-refractivity contribution in [2.75, 3.05) is 39.9 Å². The van der Waals surface area contributed by atoms with E-state index in [1.807, 2.05) is 17.9 Å². The standard InChI is InChI=1S/C15H24N2O3S/c1-4-12(10-18)16-5-7-17(8-6-16)15(19)14-13(20-3)9-11(2)21-14/h9,12,18H,4-8,10H2,1-3H3. The SMILES string of the molecule is CCC(CO)N1CCN(C(=O)c2sc(C)cc2OC)CC1. The lowest BCUT2D eigenvalue weighted by molar-refractivity contribution is 0.0474. The van der Waals surface area contributed by atoms with Crippen LogP contribution in [0.4, 0.5) is 0 Å². The third kappa shape index (κ3) is 3.56. The van der Waals surface area contributed by atoms with Crippen LogP contribution in [0.25, 0.3) is 0 Å². The van der Waals surface area contributed by atoms with Crippen LogP contribution in [0.1, 0.15) is 27.9 Å². The van der Waals surface area contributed by atoms with Crippen molar-refractivity contribution in [2.24, 2.45) is 0 Å². The van der Waals surface area contributed by atoms with Crippen molar-refractivity contribution < 1.29 is 14.6 Å². The third-order valence-corrected chi connectivity index (χ3v) is 5.05. The van der Waals surface area contributed by atoms with Gasteiger partial charge >= 0.3 is 0 Å². The van der Waals surface area contributed by atoms with E-state index in [9.17, 15) is 9.90 Å². The Labute approximate surface area is 130 Å². The number of ether oxygens (including phenoxy) is 1. The molecule has 1 atom stereocenters. The van der Waals surface area contributed by atoms with Crippen LogP contribution in [0, 0.1) is 6.92 Å². The van der Waals surface area contributed by atoms with Gasteiger partial charge in [-0.3, -0.25) is 9.69 Å². The molecule has 1 unspecified atom stereocenters. The fourth-order valence-corrected chi connectivity index (χ4v) is 3.68. The Morgan fingerprint density at radius 2 is 2.10 bits per heavy atom. The number of rotatable bonds is 5. The molecule has 6 heteroatoms. The van der Waals surface area contributed by atoms with Crippen LogP contribution < -0.4 is 4.74 Å². The van der Waals surface area contributed by atoms with E-state index in [1.54, 1.807) is 7.11 Å². The second kappa shape index (κ2) is 7.24. The van der Waals surface area contributed by atoms with Crippen LogP contribution in [0.15, 0.2) is 6.07 Å². The van der Waals surface area contributed by atoms with Gasteiger partial charge in [-0.15, -0.1) is 11.3 Å². The van der Waals surface area contributed by atoms with Gasteiger partial charge < -0.3 is 14.7 Å². The highest BCUT2D eigenvalue weighted by atomic mass is 32.1. The molecule has 0 spiro atoms. The first kappa shape index (κ1) is 16.3. The first-order valence-electron chi connectivity index (χ1n) is 7.39. The highest BCUT2D eigenvalue weighted by Crippen LogP contribution is 2.30. The summed E-state index contributed by atoms with van der Waals surface area (Å²) in [6.45, 7) is 7.29. The van der Waals surface area contributed by atoms with Gasteiger partial charge in [0.1, 0.15) is 10.6 Å². The van der Waals surface area contributed by atoms with Crippen LogP contribution >= 0.6 is 11.3 Å². The normalized spacial score (nSPS) is 17.8. The van der Waals surface area contributed by atoms with E-state index in [0.717, 1.165) is 24.4 Å². The summed E-state index contributed by atoms with van der Waals surface area (Å²) >= 11 is 1.49. The van der Waals surface area contributed by atoms with Gasteiger partial charge in [-0.2, -0.15) is 0 Å². The van der Waals surface area contributed by atoms with Gasteiger partial charge in [0, 0.05) is 37.1 Å². The number of thiophene rings is 1. The number of methoxy groups -OCH3 is 1. The number of aliphatic hydroxyl groups is 1. The number of carbonyl (C=O) groups excluding carboxylic acids is 1. The molecule has 118 valence electrons. The quantitative estimate of drug-likeness (QED) is 0.897. The molecule has 1 aromatic rings. The molecule has 1 aliphatic heterocycles. The van der Waals surface area contributed by atoms with Crippen LogP contribution in [0.3, 0.4) is 0 Å². The Kier molecular flexibility index (Phi) is 5.61. The molecule has 0 aromatic carbocycles. The van der Waals surface area contributed by atoms with Crippen molar-refractivity contribution in [3.8, 4) is 5.75 Å². The smallest absolute Gasteiger partial charge is 0.267 e. The molecular weight excluding hydrogens is 288 g/mol. The van der Waals surface area contributed by atoms with Crippen molar-refractivity contribution in [3.63, 3.8) is 0 Å². The van der Waals surface area contributed by atoms with Crippen LogP contribution in [-0.2, 0) is 0 Å². The maximum atomic E-state index is 12.6. The number of carbonyl (C=O) groups is 1. The number of aliphatic hydroxyl groups excluding tert-OH is 1. The predicted octanol–water partition coefficient (Wildman–Crippen LogP) is 1.59. The summed E-state index contributed by atoms with van der Waals surface area (Å²) in [6, 6.07) is 2.12. The van der Waals surface area contributed by atoms with E-state index in [1.165, 1.54) is 11.3 Å². The minimum absolute atomic E-state index is 0.0571. The average Bonchev–Trinajstić information content (AvgIpc) is 2.89. The Bertz CT molecular complexity index is 477. The first-order valence-corrected chi connectivity index (χ1v) is 8.21. The van der Waals surface area contributed by atoms with Gasteiger partial charge in [0.2, 0.25) is 0 Å². The fraction of sp³-hybridized carbons (Fsp3) is 0.667. The van der Waals surface area contributed by atoms with Gasteiger partial charge in [-0.05, 0) is 19.4 Å². The summed E-state index contributed by atoms with van der Waals surface area (Å²) in [5, 5.41) is 9.37. The number of hydrogen-bond donors (Lipinski definition) is 1. The molecule has 1 fully saturated rings. The molecule has 5 nitrogen and oxygen atoms in total. The summed E-state index contributed by atoms with van der Waals surface area (Å²) < 4.78 is 5.29. The Morgan fingerprint density at radius 1 is 1.43 bits per heavy atom. The second-order valence-corrected chi connectivity index (χ2v) is 6.58. The molecule has 2 rings (SSSR count). The number of hydrogen-bond acceptors (Lipinski definition) is 5. The zero-order valence-corrected chi connectivity index (χ0v) is 13.8. The van der Waals surface area contributed by atoms with Crippen LogP contribution in [-0.4, -0.2) is 66.8 Å². The van der Waals surface area contributed by atoms with Gasteiger partial charge in [0.15, 0.2) is 0 Å². The van der Waals surface area contributed by atoms with Crippen LogP contribution in [0.5, 0.6) is 5.75 Å². The van der Waals surface area contributed by atoms with E-state index in [2.05, 4.69) is 11.8 Å². The third-order valence-electron chi connectivity index (χ3n) is 4.04. The van der Waals surface area contributed by atoms with Crippen LogP contribution in [0.2, 0.25) is 0 Å². The Hall–Kier alpha value is -1.11. The topological polar surface area (TPSA) is 53.0 Å². The highest BCUT2D eigenvalue weighted by Gasteiger charge is 2.27. The molecule has 1 amide bonds. The Balaban J connectivity index is 2.00. The zero-order chi connectivity index (χ0) is 15.4. The van der Waals surface area contributed by atoms with E-state index in [0.29, 0.717) is 23.7 Å². The van der Waals surface area contributed by atoms with E-state index >= 15 is 0 Å². The molecule has 0 bridgehead atoms. The van der Waals surface area contributed by atoms with Crippen molar-refractivity contribution in [2.45, 2.75) is 26.3 Å². The van der Waals surface area contributed by atoms with Crippen molar-refractivity contribution in [1.29, 1.82) is 0 Å². The highest BCUT2D eigenvalue weighted by molar-refractivity contribution is 7.14. The minimum Gasteiger partial charge on any atom is -0.495 e. The summed E-state index contributed by atoms with van der Waals surface area (Å²) in [5.74, 6) is 0.730. The molecule has 0 saturated carbocycles. The maximum absolute atomic E-state index is 12.6. The second-order valence-electron chi connectivity index (χ2n) is 5.33. The molecular formula is C15H24N2O3S. The number of nitrogens with zero attached hydrogens (tertiary/aromatic N) is 2. The van der Waals surface area contributed by atoms with E-state index in [-0.39, 0.29) is 18.6 Å². The molecule has 0 aliphatic carbocycles. The predicted molar refractivity (Wildman–Crippen MR) is 84.2 cm³/mol. The van der Waals surface area contributed by atoms with Gasteiger partial charge in [-0.1, -0.05) is 6.92 Å². The molecule has 21 heavy (non-hydrogen) atoms. The lowest BCUT2D eigenvalue weighted by atomic mass is 10.1. The lowest BCUT2D eigenvalue weighted by Crippen LogP contribution is -2.52. The Morgan fingerprint density at radius 3 is 2.62 bits per heavy atom. The molecule has 1 saturated heterocycles. The molecule has 1 N–H and O–H groups in total. The summed E-state index contributed by atoms with van der Waals surface area (Å²) in [4.78, 5) is 18.5. The summed E-state index contributed by atoms with van der Waals surface area (Å²) in [7, 11) is 1.60. The number of aryl methyl sites for hydroxylation is 1. The van der Waals surface area contributed by atoms with Gasteiger partial charge in [0.05, 0.1) is 13.7 Å². The van der Waals surface area contributed by atoms with Crippen molar-refractivity contribution >= 4 is 17.2 Å². The monoisotopic (exact) mass is 312 g/mol. The molecule has 1 aromatic heterocycles. The van der Waals surface area contributed by atoms with E-state index < -0.39 is 0 Å². The largest absolute Gasteiger partial charge is 0.495 e. The summed E-state index contributed by atoms with van der Waals surface area (Å²) in [6.07, 6.45) is 0.933. The van der Waals surface area contributed by atoms with Crippen molar-refractivity contribution in [1.82, 2.24) is 9.80 Å². The maximum Gasteiger partial charge on any atom is 0.267 e. The number of amides is 1. The van der Waals surface area contributed by atoms with Gasteiger partial charge in [-0.25, -0.2) is 0 Å². The lowest BCUT2D eigenvalue weighted by Gasteiger charge is -2.38. The molecule has 0 radical (unpaired) electrons. The fourth-order valence-electron chi connectivity index (χ4n) is 2.73. The van der Waals surface area contributed by atoms with Gasteiger partial charge in [0.25, 0.3) is 5.91 Å².